The molecule has 4 N–H and O–H groups in total. The third-order valence-electron chi connectivity index (χ3n) is 4.23. The van der Waals surface area contributed by atoms with Gasteiger partial charge in [0, 0.05) is 23.8 Å². The van der Waals surface area contributed by atoms with Crippen LogP contribution < -0.4 is 15.8 Å². The van der Waals surface area contributed by atoms with Crippen LogP contribution in [0.15, 0.2) is 53.4 Å². The van der Waals surface area contributed by atoms with E-state index in [1.54, 1.807) is 0 Å². The summed E-state index contributed by atoms with van der Waals surface area (Å²) in [6, 6.07) is 10.6. The van der Waals surface area contributed by atoms with Gasteiger partial charge in [0.25, 0.3) is 15.9 Å². The average molecular weight is 377 g/mol. The monoisotopic (exact) mass is 377 g/mol. The predicted molar refractivity (Wildman–Crippen MR) is 96.7 cm³/mol. The Labute approximate surface area is 151 Å². The smallest absolute Gasteiger partial charge is 0.261 e. The second kappa shape index (κ2) is 7.43. The van der Waals surface area contributed by atoms with Crippen LogP contribution in [-0.2, 0) is 10.0 Å². The van der Waals surface area contributed by atoms with E-state index in [1.807, 2.05) is 0 Å². The SMILES string of the molecule is NC(CNC(=O)c1cccc(S(=O)(=O)Nc2ccc(F)cc2)c1)C1CC1. The van der Waals surface area contributed by atoms with Crippen LogP contribution in [0.25, 0.3) is 0 Å². The van der Waals surface area contributed by atoms with Crippen molar-refractivity contribution in [3.05, 3.63) is 59.9 Å². The number of sulfonamides is 1. The molecule has 0 aromatic heterocycles. The van der Waals surface area contributed by atoms with E-state index in [4.69, 9.17) is 5.73 Å². The van der Waals surface area contributed by atoms with Gasteiger partial charge in [0.2, 0.25) is 0 Å². The first-order valence-corrected chi connectivity index (χ1v) is 9.76. The van der Waals surface area contributed by atoms with Crippen molar-refractivity contribution in [3.63, 3.8) is 0 Å². The Kier molecular flexibility index (Phi) is 5.24. The van der Waals surface area contributed by atoms with E-state index in [9.17, 15) is 17.6 Å². The van der Waals surface area contributed by atoms with Crippen molar-refractivity contribution in [2.45, 2.75) is 23.8 Å². The maximum absolute atomic E-state index is 12.9. The third kappa shape index (κ3) is 4.59. The molecule has 1 aliphatic carbocycles. The largest absolute Gasteiger partial charge is 0.350 e. The number of hydrogen-bond acceptors (Lipinski definition) is 4. The molecule has 3 rings (SSSR count). The number of anilines is 1. The molecular weight excluding hydrogens is 357 g/mol. The molecule has 1 aliphatic rings. The first kappa shape index (κ1) is 18.3. The standard InChI is InChI=1S/C18H20FN3O3S/c19-14-6-8-15(9-7-14)22-26(24,25)16-3-1-2-13(10-16)18(23)21-11-17(20)12-4-5-12/h1-3,6-10,12,17,22H,4-5,11,20H2,(H,21,23). The zero-order valence-electron chi connectivity index (χ0n) is 14.0. The zero-order chi connectivity index (χ0) is 18.7. The Balaban J connectivity index is 1.70. The highest BCUT2D eigenvalue weighted by molar-refractivity contribution is 7.92. The first-order chi connectivity index (χ1) is 12.3. The number of halogens is 1. The van der Waals surface area contributed by atoms with Crippen LogP contribution in [0.4, 0.5) is 10.1 Å². The maximum Gasteiger partial charge on any atom is 0.261 e. The van der Waals surface area contributed by atoms with Crippen LogP contribution in [0.2, 0.25) is 0 Å². The lowest BCUT2D eigenvalue weighted by molar-refractivity contribution is 0.0950. The fraction of sp³-hybridized carbons (Fsp3) is 0.278. The maximum atomic E-state index is 12.9. The molecule has 6 nitrogen and oxygen atoms in total. The van der Waals surface area contributed by atoms with E-state index in [-0.39, 0.29) is 28.1 Å². The molecule has 0 heterocycles. The van der Waals surface area contributed by atoms with Crippen molar-refractivity contribution < 1.29 is 17.6 Å². The summed E-state index contributed by atoms with van der Waals surface area (Å²) in [5.41, 5.74) is 6.42. The van der Waals surface area contributed by atoms with Crippen LogP contribution >= 0.6 is 0 Å². The van der Waals surface area contributed by atoms with Crippen molar-refractivity contribution in [3.8, 4) is 0 Å². The molecule has 0 aliphatic heterocycles. The van der Waals surface area contributed by atoms with Gasteiger partial charge in [-0.1, -0.05) is 6.07 Å². The Morgan fingerprint density at radius 3 is 2.54 bits per heavy atom. The lowest BCUT2D eigenvalue weighted by Crippen LogP contribution is -2.38. The normalized spacial score (nSPS) is 15.3. The van der Waals surface area contributed by atoms with Crippen LogP contribution in [0, 0.1) is 11.7 Å². The number of rotatable bonds is 7. The quantitative estimate of drug-likeness (QED) is 0.688. The van der Waals surface area contributed by atoms with E-state index in [0.29, 0.717) is 12.5 Å². The molecule has 2 aromatic carbocycles. The summed E-state index contributed by atoms with van der Waals surface area (Å²) in [7, 11) is -3.89. The van der Waals surface area contributed by atoms with Crippen LogP contribution in [-0.4, -0.2) is 26.9 Å². The van der Waals surface area contributed by atoms with Gasteiger partial charge in [-0.05, 0) is 61.2 Å². The highest BCUT2D eigenvalue weighted by atomic mass is 32.2. The predicted octanol–water partition coefficient (Wildman–Crippen LogP) is 2.09. The van der Waals surface area contributed by atoms with E-state index in [1.165, 1.54) is 36.4 Å². The summed E-state index contributed by atoms with van der Waals surface area (Å²) in [6.45, 7) is 0.355. The summed E-state index contributed by atoms with van der Waals surface area (Å²) in [5, 5.41) is 2.73. The van der Waals surface area contributed by atoms with Crippen LogP contribution in [0.5, 0.6) is 0 Å². The highest BCUT2D eigenvalue weighted by Crippen LogP contribution is 2.31. The number of carbonyl (C=O) groups is 1. The topological polar surface area (TPSA) is 101 Å². The van der Waals surface area contributed by atoms with Crippen molar-refractivity contribution >= 4 is 21.6 Å². The van der Waals surface area contributed by atoms with Crippen molar-refractivity contribution in [1.29, 1.82) is 0 Å². The number of nitrogens with one attached hydrogen (secondary N) is 2. The Morgan fingerprint density at radius 1 is 1.19 bits per heavy atom. The minimum Gasteiger partial charge on any atom is -0.350 e. The minimum absolute atomic E-state index is 0.0547. The molecule has 1 unspecified atom stereocenters. The number of carbonyl (C=O) groups excluding carboxylic acids is 1. The summed E-state index contributed by atoms with van der Waals surface area (Å²) < 4.78 is 40.2. The molecule has 8 heteroatoms. The number of benzene rings is 2. The molecular formula is C18H20FN3O3S. The molecule has 26 heavy (non-hydrogen) atoms. The molecule has 138 valence electrons. The molecule has 1 fully saturated rings. The van der Waals surface area contributed by atoms with Crippen molar-refractivity contribution in [2.75, 3.05) is 11.3 Å². The second-order valence-electron chi connectivity index (χ2n) is 6.35. The molecule has 1 atom stereocenters. The van der Waals surface area contributed by atoms with Gasteiger partial charge in [-0.3, -0.25) is 9.52 Å². The van der Waals surface area contributed by atoms with E-state index >= 15 is 0 Å². The Hall–Kier alpha value is -2.45. The molecule has 0 radical (unpaired) electrons. The molecule has 2 aromatic rings. The summed E-state index contributed by atoms with van der Waals surface area (Å²) >= 11 is 0. The van der Waals surface area contributed by atoms with Gasteiger partial charge in [0.15, 0.2) is 0 Å². The third-order valence-corrected chi connectivity index (χ3v) is 5.61. The number of nitrogens with two attached hydrogens (primary N) is 1. The fourth-order valence-corrected chi connectivity index (χ4v) is 3.64. The zero-order valence-corrected chi connectivity index (χ0v) is 14.8. The van der Waals surface area contributed by atoms with Gasteiger partial charge in [-0.2, -0.15) is 0 Å². The second-order valence-corrected chi connectivity index (χ2v) is 8.03. The van der Waals surface area contributed by atoms with Gasteiger partial charge < -0.3 is 11.1 Å². The van der Waals surface area contributed by atoms with Gasteiger partial charge in [-0.25, -0.2) is 12.8 Å². The van der Waals surface area contributed by atoms with Crippen LogP contribution in [0.1, 0.15) is 23.2 Å². The number of amides is 1. The summed E-state index contributed by atoms with van der Waals surface area (Å²) in [4.78, 5) is 12.2. The molecule has 0 spiro atoms. The lowest BCUT2D eigenvalue weighted by Gasteiger charge is -2.12. The van der Waals surface area contributed by atoms with Gasteiger partial charge in [0.1, 0.15) is 5.82 Å². The average Bonchev–Trinajstić information content (AvgIpc) is 3.46. The first-order valence-electron chi connectivity index (χ1n) is 8.27. The fourth-order valence-electron chi connectivity index (χ4n) is 2.54. The highest BCUT2D eigenvalue weighted by Gasteiger charge is 2.28. The Morgan fingerprint density at radius 2 is 1.88 bits per heavy atom. The molecule has 1 saturated carbocycles. The van der Waals surface area contributed by atoms with E-state index in [2.05, 4.69) is 10.0 Å². The van der Waals surface area contributed by atoms with Crippen molar-refractivity contribution in [2.24, 2.45) is 11.7 Å². The minimum atomic E-state index is -3.89. The Bertz CT molecular complexity index is 896. The summed E-state index contributed by atoms with van der Waals surface area (Å²) in [6.07, 6.45) is 2.17. The molecule has 0 saturated heterocycles. The summed E-state index contributed by atoms with van der Waals surface area (Å²) in [5.74, 6) is -0.377. The van der Waals surface area contributed by atoms with E-state index in [0.717, 1.165) is 25.0 Å². The molecule has 1 amide bonds. The lowest BCUT2D eigenvalue weighted by atomic mass is 10.2. The van der Waals surface area contributed by atoms with Crippen LogP contribution in [0.3, 0.4) is 0 Å². The van der Waals surface area contributed by atoms with E-state index < -0.39 is 15.8 Å². The molecule has 0 bridgehead atoms. The number of hydrogen-bond donors (Lipinski definition) is 3. The van der Waals surface area contributed by atoms with Crippen molar-refractivity contribution in [1.82, 2.24) is 5.32 Å². The van der Waals surface area contributed by atoms with Gasteiger partial charge >= 0.3 is 0 Å². The van der Waals surface area contributed by atoms with Gasteiger partial charge in [0.05, 0.1) is 4.90 Å². The van der Waals surface area contributed by atoms with Gasteiger partial charge in [-0.15, -0.1) is 0 Å².